The van der Waals surface area contributed by atoms with Gasteiger partial charge in [0.25, 0.3) is 0 Å². The first-order valence-corrected chi connectivity index (χ1v) is 15.5. The van der Waals surface area contributed by atoms with E-state index in [2.05, 4.69) is 148 Å². The molecule has 0 saturated carbocycles. The molecule has 1 heterocycles. The Balaban J connectivity index is 1.53. The Kier molecular flexibility index (Phi) is 9.01. The lowest BCUT2D eigenvalue weighted by molar-refractivity contribution is 0.0617. The van der Waals surface area contributed by atoms with Crippen LogP contribution in [0.15, 0.2) is 97.1 Å². The van der Waals surface area contributed by atoms with Crippen molar-refractivity contribution in [1.29, 1.82) is 0 Å². The second-order valence-corrected chi connectivity index (χ2v) is 13.9. The molecule has 0 aromatic heterocycles. The molecule has 2 atom stereocenters. The zero-order valence-corrected chi connectivity index (χ0v) is 27.2. The number of rotatable bonds is 8. The molecule has 1 aliphatic rings. The van der Waals surface area contributed by atoms with E-state index in [9.17, 15) is 0 Å². The number of nitrogens with zero attached hydrogens (tertiary/aromatic N) is 2. The third-order valence-electron chi connectivity index (χ3n) is 8.67. The Morgan fingerprint density at radius 2 is 0.884 bits per heavy atom. The Morgan fingerprint density at radius 1 is 0.512 bits per heavy atom. The van der Waals surface area contributed by atoms with Crippen LogP contribution in [-0.4, -0.2) is 43.8 Å². The van der Waals surface area contributed by atoms with Gasteiger partial charge in [-0.05, 0) is 57.3 Å². The molecule has 226 valence electrons. The van der Waals surface area contributed by atoms with E-state index in [0.29, 0.717) is 0 Å². The molecule has 4 nitrogen and oxygen atoms in total. The summed E-state index contributed by atoms with van der Waals surface area (Å²) in [5.74, 6) is 1.89. The van der Waals surface area contributed by atoms with Crippen LogP contribution in [0.1, 0.15) is 64.8 Å². The van der Waals surface area contributed by atoms with Crippen molar-refractivity contribution in [2.24, 2.45) is 10.8 Å². The van der Waals surface area contributed by atoms with Gasteiger partial charge in [0, 0.05) is 36.3 Å². The van der Waals surface area contributed by atoms with Crippen molar-refractivity contribution < 1.29 is 9.47 Å². The topological polar surface area (TPSA) is 24.9 Å². The molecule has 4 aromatic carbocycles. The van der Waals surface area contributed by atoms with Gasteiger partial charge in [0.05, 0.1) is 20.9 Å². The summed E-state index contributed by atoms with van der Waals surface area (Å²) in [6.07, 6.45) is 0. The molecule has 0 amide bonds. The Hall–Kier alpha value is -3.60. The van der Waals surface area contributed by atoms with E-state index in [0.717, 1.165) is 31.3 Å². The van der Waals surface area contributed by atoms with Crippen molar-refractivity contribution >= 4 is 0 Å². The van der Waals surface area contributed by atoms with Crippen LogP contribution in [0.3, 0.4) is 0 Å². The fourth-order valence-electron chi connectivity index (χ4n) is 6.99. The number of hydrogen-bond donors (Lipinski definition) is 0. The lowest BCUT2D eigenvalue weighted by atomic mass is 9.80. The maximum absolute atomic E-state index is 6.00. The summed E-state index contributed by atoms with van der Waals surface area (Å²) in [6, 6.07) is 35.0. The average molecular weight is 577 g/mol. The molecular formula is C39H48N2O2. The van der Waals surface area contributed by atoms with E-state index in [1.807, 2.05) is 0 Å². The maximum Gasteiger partial charge on any atom is 0.123 e. The molecule has 1 saturated heterocycles. The van der Waals surface area contributed by atoms with Crippen LogP contribution in [0.2, 0.25) is 0 Å². The van der Waals surface area contributed by atoms with Crippen molar-refractivity contribution in [2.75, 3.05) is 34.0 Å². The van der Waals surface area contributed by atoms with Crippen molar-refractivity contribution in [1.82, 2.24) is 9.80 Å². The van der Waals surface area contributed by atoms with Gasteiger partial charge in [-0.15, -0.1) is 0 Å². The molecule has 0 spiro atoms. The van der Waals surface area contributed by atoms with E-state index >= 15 is 0 Å². The number of hydrogen-bond acceptors (Lipinski definition) is 4. The van der Waals surface area contributed by atoms with Crippen molar-refractivity contribution in [3.05, 3.63) is 108 Å². The molecule has 5 rings (SSSR count). The highest BCUT2D eigenvalue weighted by molar-refractivity contribution is 5.67. The van der Waals surface area contributed by atoms with Gasteiger partial charge in [-0.2, -0.15) is 0 Å². The molecule has 0 aliphatic carbocycles. The molecule has 1 aliphatic heterocycles. The monoisotopic (exact) mass is 576 g/mol. The molecule has 4 heteroatoms. The predicted octanol–water partition coefficient (Wildman–Crippen LogP) is 9.49. The third kappa shape index (κ3) is 6.66. The summed E-state index contributed by atoms with van der Waals surface area (Å²) in [4.78, 5) is 5.30. The first kappa shape index (κ1) is 30.8. The molecule has 0 N–H and O–H groups in total. The largest absolute Gasteiger partial charge is 0.496 e. The minimum absolute atomic E-state index is 0.0131. The highest BCUT2D eigenvalue weighted by Gasteiger charge is 2.42. The summed E-state index contributed by atoms with van der Waals surface area (Å²) < 4.78 is 12.0. The maximum atomic E-state index is 6.00. The van der Waals surface area contributed by atoms with Crippen LogP contribution in [0.4, 0.5) is 0 Å². The molecular weight excluding hydrogens is 528 g/mol. The average Bonchev–Trinajstić information content (AvgIpc) is 3.45. The summed E-state index contributed by atoms with van der Waals surface area (Å²) in [5.41, 5.74) is 7.35. The third-order valence-corrected chi connectivity index (χ3v) is 8.67. The summed E-state index contributed by atoms with van der Waals surface area (Å²) in [5, 5.41) is 0. The molecule has 4 aromatic rings. The predicted molar refractivity (Wildman–Crippen MR) is 180 cm³/mol. The first-order chi connectivity index (χ1) is 20.5. The molecule has 0 bridgehead atoms. The number of methoxy groups -OCH3 is 2. The number of benzene rings is 4. The zero-order chi connectivity index (χ0) is 30.8. The van der Waals surface area contributed by atoms with Crippen molar-refractivity contribution in [3.63, 3.8) is 0 Å². The standard InChI is InChI=1S/C39H48N2O2/c1-38(2,3)36(32-25-30(19-21-34(32)42-7)28-15-11-9-12-16-28)40-23-24-41(27-40)37(39(4,5)6)33-26-31(20-22-35(33)43-8)29-17-13-10-14-18-29/h9-22,25-26,36-37H,23-24,27H2,1-8H3/t36-,37-/m0/s1. The molecule has 0 radical (unpaired) electrons. The van der Waals surface area contributed by atoms with Gasteiger partial charge in [0.1, 0.15) is 11.5 Å². The van der Waals surface area contributed by atoms with Crippen molar-refractivity contribution in [3.8, 4) is 33.8 Å². The van der Waals surface area contributed by atoms with E-state index in [1.54, 1.807) is 14.2 Å². The lowest BCUT2D eigenvalue weighted by Crippen LogP contribution is -2.40. The van der Waals surface area contributed by atoms with Gasteiger partial charge >= 0.3 is 0 Å². The molecule has 43 heavy (non-hydrogen) atoms. The summed E-state index contributed by atoms with van der Waals surface area (Å²) in [6.45, 7) is 16.9. The normalized spacial score (nSPS) is 16.2. The Morgan fingerprint density at radius 3 is 1.21 bits per heavy atom. The van der Waals surface area contributed by atoms with Crippen LogP contribution in [0, 0.1) is 10.8 Å². The second-order valence-electron chi connectivity index (χ2n) is 13.9. The lowest BCUT2D eigenvalue weighted by Gasteiger charge is -2.42. The minimum Gasteiger partial charge on any atom is -0.496 e. The summed E-state index contributed by atoms with van der Waals surface area (Å²) in [7, 11) is 3.58. The van der Waals surface area contributed by atoms with Gasteiger partial charge in [0.15, 0.2) is 0 Å². The van der Waals surface area contributed by atoms with Crippen molar-refractivity contribution in [2.45, 2.75) is 53.6 Å². The van der Waals surface area contributed by atoms with Crippen LogP contribution >= 0.6 is 0 Å². The first-order valence-electron chi connectivity index (χ1n) is 15.5. The zero-order valence-electron chi connectivity index (χ0n) is 27.2. The van der Waals surface area contributed by atoms with Gasteiger partial charge in [0.2, 0.25) is 0 Å². The number of ether oxygens (including phenoxy) is 2. The van der Waals surface area contributed by atoms with Gasteiger partial charge < -0.3 is 9.47 Å². The van der Waals surface area contributed by atoms with Crippen LogP contribution in [-0.2, 0) is 0 Å². The Bertz CT molecular complexity index is 1390. The van der Waals surface area contributed by atoms with E-state index in [1.165, 1.54) is 33.4 Å². The van der Waals surface area contributed by atoms with Gasteiger partial charge in [-0.25, -0.2) is 0 Å². The minimum atomic E-state index is -0.0131. The van der Waals surface area contributed by atoms with Gasteiger partial charge in [-0.1, -0.05) is 114 Å². The van der Waals surface area contributed by atoms with E-state index < -0.39 is 0 Å². The van der Waals surface area contributed by atoms with Crippen LogP contribution in [0.5, 0.6) is 11.5 Å². The van der Waals surface area contributed by atoms with E-state index in [-0.39, 0.29) is 22.9 Å². The highest BCUT2D eigenvalue weighted by atomic mass is 16.5. The highest BCUT2D eigenvalue weighted by Crippen LogP contribution is 2.48. The fourth-order valence-corrected chi connectivity index (χ4v) is 6.99. The molecule has 0 unspecified atom stereocenters. The quantitative estimate of drug-likeness (QED) is 0.209. The van der Waals surface area contributed by atoms with E-state index in [4.69, 9.17) is 9.47 Å². The van der Waals surface area contributed by atoms with Crippen LogP contribution < -0.4 is 9.47 Å². The second kappa shape index (κ2) is 12.6. The Labute approximate surface area is 259 Å². The van der Waals surface area contributed by atoms with Gasteiger partial charge in [-0.3, -0.25) is 9.80 Å². The summed E-state index contributed by atoms with van der Waals surface area (Å²) >= 11 is 0. The SMILES string of the molecule is COc1ccc(-c2ccccc2)cc1[C@H](N1CCN([C@@H](c2cc(-c3ccccc3)ccc2OC)C(C)(C)C)C1)C(C)(C)C. The molecule has 1 fully saturated rings. The fraction of sp³-hybridized carbons (Fsp3) is 0.385. The van der Waals surface area contributed by atoms with Crippen LogP contribution in [0.25, 0.3) is 22.3 Å². The smallest absolute Gasteiger partial charge is 0.123 e.